The van der Waals surface area contributed by atoms with Crippen LogP contribution < -0.4 is 0 Å². The molecule has 3 N–H and O–H groups in total. The number of rotatable bonds is 4. The third kappa shape index (κ3) is 17.5. The Labute approximate surface area is 83.5 Å². The second-order valence-electron chi connectivity index (χ2n) is 2.45. The van der Waals surface area contributed by atoms with Crippen molar-refractivity contribution >= 4 is 14.2 Å². The lowest BCUT2D eigenvalue weighted by Crippen LogP contribution is -2.19. The third-order valence-electron chi connectivity index (χ3n) is 1.08. The second-order valence-corrected chi connectivity index (χ2v) is 2.96. The van der Waals surface area contributed by atoms with E-state index < -0.39 is 20.3 Å². The number of esters is 1. The van der Waals surface area contributed by atoms with Gasteiger partial charge in [-0.05, 0) is 13.3 Å². The molecule has 0 bridgehead atoms. The molecule has 0 aromatic rings. The number of hydrogen-bond acceptors (Lipinski definition) is 4. The summed E-state index contributed by atoms with van der Waals surface area (Å²) in [5.41, 5.74) is 0. The summed E-state index contributed by atoms with van der Waals surface area (Å²) in [5.74, 6) is -0.534. The van der Waals surface area contributed by atoms with Crippen LogP contribution in [0.1, 0.15) is 26.7 Å². The summed E-state index contributed by atoms with van der Waals surface area (Å²) in [5, 5.41) is 8.65. The van der Waals surface area contributed by atoms with E-state index in [1.165, 1.54) is 6.92 Å². The van der Waals surface area contributed by atoms with Gasteiger partial charge in [0.2, 0.25) is 0 Å². The maximum absolute atomic E-state index is 10.5. The Balaban J connectivity index is 0. The SMILES string of the molecule is CCCCOC(=O)C(C)O.O=[P+](O)O. The topological polar surface area (TPSA) is 104 Å². The van der Waals surface area contributed by atoms with E-state index in [2.05, 4.69) is 4.74 Å². The van der Waals surface area contributed by atoms with Gasteiger partial charge in [-0.2, -0.15) is 0 Å². The zero-order chi connectivity index (χ0) is 11.6. The lowest BCUT2D eigenvalue weighted by molar-refractivity contribution is -0.152. The summed E-state index contributed by atoms with van der Waals surface area (Å²) >= 11 is 0. The van der Waals surface area contributed by atoms with E-state index in [1.54, 1.807) is 0 Å². The molecular weight excluding hydrogens is 211 g/mol. The van der Waals surface area contributed by atoms with Crippen LogP contribution in [0.15, 0.2) is 0 Å². The molecule has 0 amide bonds. The molecule has 84 valence electrons. The van der Waals surface area contributed by atoms with E-state index in [4.69, 9.17) is 19.5 Å². The maximum Gasteiger partial charge on any atom is 0.692 e. The predicted octanol–water partition coefficient (Wildman–Crippen LogP) is 0.339. The van der Waals surface area contributed by atoms with Gasteiger partial charge in [0.15, 0.2) is 0 Å². The Morgan fingerprint density at radius 3 is 2.21 bits per heavy atom. The molecular formula is C7H16O6P+. The van der Waals surface area contributed by atoms with Gasteiger partial charge in [-0.3, -0.25) is 0 Å². The largest absolute Gasteiger partial charge is 0.692 e. The molecule has 0 rings (SSSR count). The van der Waals surface area contributed by atoms with E-state index in [-0.39, 0.29) is 0 Å². The first kappa shape index (κ1) is 15.9. The monoisotopic (exact) mass is 227 g/mol. The molecule has 0 heterocycles. The molecule has 0 saturated heterocycles. The molecule has 7 heteroatoms. The van der Waals surface area contributed by atoms with Crippen LogP contribution in [0.3, 0.4) is 0 Å². The quantitative estimate of drug-likeness (QED) is 0.363. The molecule has 0 radical (unpaired) electrons. The lowest BCUT2D eigenvalue weighted by atomic mass is 10.3. The Hall–Kier alpha value is -0.550. The van der Waals surface area contributed by atoms with Gasteiger partial charge in [-0.25, -0.2) is 4.79 Å². The van der Waals surface area contributed by atoms with Crippen molar-refractivity contribution in [1.29, 1.82) is 0 Å². The average Bonchev–Trinajstić information content (AvgIpc) is 2.03. The van der Waals surface area contributed by atoms with Crippen molar-refractivity contribution in [2.45, 2.75) is 32.8 Å². The van der Waals surface area contributed by atoms with Crippen molar-refractivity contribution in [2.75, 3.05) is 6.61 Å². The van der Waals surface area contributed by atoms with Gasteiger partial charge in [0, 0.05) is 4.57 Å². The van der Waals surface area contributed by atoms with E-state index >= 15 is 0 Å². The summed E-state index contributed by atoms with van der Waals surface area (Å²) in [4.78, 5) is 24.8. The summed E-state index contributed by atoms with van der Waals surface area (Å²) in [6, 6.07) is 0. The lowest BCUT2D eigenvalue weighted by Gasteiger charge is -2.04. The van der Waals surface area contributed by atoms with Crippen molar-refractivity contribution in [2.24, 2.45) is 0 Å². The minimum absolute atomic E-state index is 0.417. The van der Waals surface area contributed by atoms with Gasteiger partial charge >= 0.3 is 14.2 Å². The van der Waals surface area contributed by atoms with Gasteiger partial charge in [-0.1, -0.05) is 13.3 Å². The molecule has 0 aliphatic carbocycles. The van der Waals surface area contributed by atoms with Crippen LogP contribution in [-0.4, -0.2) is 33.6 Å². The fourth-order valence-corrected chi connectivity index (χ4v) is 0.438. The van der Waals surface area contributed by atoms with Crippen LogP contribution in [0.5, 0.6) is 0 Å². The highest BCUT2D eigenvalue weighted by atomic mass is 31.1. The van der Waals surface area contributed by atoms with Gasteiger partial charge in [-0.15, -0.1) is 9.79 Å². The molecule has 0 aromatic carbocycles. The molecule has 14 heavy (non-hydrogen) atoms. The van der Waals surface area contributed by atoms with Gasteiger partial charge < -0.3 is 9.84 Å². The van der Waals surface area contributed by atoms with Gasteiger partial charge in [0.25, 0.3) is 0 Å². The fourth-order valence-electron chi connectivity index (χ4n) is 0.438. The smallest absolute Gasteiger partial charge is 0.464 e. The van der Waals surface area contributed by atoms with Crippen LogP contribution in [0.25, 0.3) is 0 Å². The van der Waals surface area contributed by atoms with Gasteiger partial charge in [0.1, 0.15) is 6.10 Å². The Kier molecular flexibility index (Phi) is 12.0. The first-order chi connectivity index (χ1) is 6.41. The Bertz CT molecular complexity index is 166. The summed E-state index contributed by atoms with van der Waals surface area (Å²) in [6.07, 6.45) is 0.864. The number of ether oxygens (including phenoxy) is 1. The third-order valence-corrected chi connectivity index (χ3v) is 1.08. The summed E-state index contributed by atoms with van der Waals surface area (Å²) < 4.78 is 13.4. The van der Waals surface area contributed by atoms with Crippen LogP contribution in [0.2, 0.25) is 0 Å². The number of carbonyl (C=O) groups is 1. The molecule has 6 nitrogen and oxygen atoms in total. The molecule has 1 atom stereocenters. The van der Waals surface area contributed by atoms with Crippen LogP contribution in [0.4, 0.5) is 0 Å². The minimum Gasteiger partial charge on any atom is -0.464 e. The number of hydrogen-bond donors (Lipinski definition) is 3. The molecule has 0 aliphatic rings. The fraction of sp³-hybridized carbons (Fsp3) is 0.857. The number of carbonyl (C=O) groups excluding carboxylic acids is 1. The first-order valence-corrected chi connectivity index (χ1v) is 5.28. The Morgan fingerprint density at radius 1 is 1.50 bits per heavy atom. The van der Waals surface area contributed by atoms with Crippen molar-refractivity contribution < 1.29 is 29.0 Å². The van der Waals surface area contributed by atoms with Crippen molar-refractivity contribution in [3.8, 4) is 0 Å². The Morgan fingerprint density at radius 2 is 1.93 bits per heavy atom. The number of aliphatic hydroxyl groups excluding tert-OH is 1. The molecule has 0 fully saturated rings. The van der Waals surface area contributed by atoms with E-state index in [1.807, 2.05) is 6.92 Å². The second kappa shape index (κ2) is 10.5. The van der Waals surface area contributed by atoms with Crippen molar-refractivity contribution in [1.82, 2.24) is 0 Å². The highest BCUT2D eigenvalue weighted by Crippen LogP contribution is 1.98. The zero-order valence-corrected chi connectivity index (χ0v) is 9.11. The molecule has 0 saturated carbocycles. The highest BCUT2D eigenvalue weighted by Gasteiger charge is 2.08. The van der Waals surface area contributed by atoms with E-state index in [0.29, 0.717) is 6.61 Å². The van der Waals surface area contributed by atoms with Crippen LogP contribution >= 0.6 is 8.25 Å². The van der Waals surface area contributed by atoms with E-state index in [0.717, 1.165) is 12.8 Å². The molecule has 0 aromatic heterocycles. The molecule has 1 unspecified atom stereocenters. The number of unbranched alkanes of at least 4 members (excludes halogenated alkanes) is 1. The maximum atomic E-state index is 10.5. The van der Waals surface area contributed by atoms with Crippen LogP contribution in [0, 0.1) is 0 Å². The predicted molar refractivity (Wildman–Crippen MR) is 49.6 cm³/mol. The summed E-state index contributed by atoms with van der Waals surface area (Å²) in [6.45, 7) is 3.82. The standard InChI is InChI=1S/C7H14O3.HO3P/c1-3-4-5-10-7(9)6(2)8;1-4(2)3/h6,8H,3-5H2,1-2H3;(H-,1,2,3)/p+1. The van der Waals surface area contributed by atoms with Gasteiger partial charge in [0.05, 0.1) is 6.61 Å². The highest BCUT2D eigenvalue weighted by molar-refractivity contribution is 7.30. The minimum atomic E-state index is -2.87. The zero-order valence-electron chi connectivity index (χ0n) is 8.21. The summed E-state index contributed by atoms with van der Waals surface area (Å²) in [7, 11) is -2.87. The van der Waals surface area contributed by atoms with E-state index in [9.17, 15) is 4.79 Å². The van der Waals surface area contributed by atoms with Crippen molar-refractivity contribution in [3.63, 3.8) is 0 Å². The van der Waals surface area contributed by atoms with Crippen LogP contribution in [-0.2, 0) is 14.1 Å². The average molecular weight is 227 g/mol. The molecule has 0 aliphatic heterocycles. The van der Waals surface area contributed by atoms with Crippen molar-refractivity contribution in [3.05, 3.63) is 0 Å². The first-order valence-electron chi connectivity index (χ1n) is 4.11. The number of aliphatic hydroxyl groups is 1. The molecule has 0 spiro atoms. The normalized spacial score (nSPS) is 10.9.